The first kappa shape index (κ1) is 70.5. The van der Waals surface area contributed by atoms with Crippen molar-refractivity contribution in [2.75, 3.05) is 39.5 Å². The number of phosphoric ester groups is 1. The molecule has 3 atom stereocenters. The average molecular weight is 1110 g/mol. The number of carbonyl (C=O) groups is 4. The molecule has 0 spiro atoms. The van der Waals surface area contributed by atoms with Crippen LogP contribution in [0.4, 0.5) is 0 Å². The molecule has 0 heterocycles. The first-order chi connectivity index (χ1) is 38.0. The van der Waals surface area contributed by atoms with Crippen LogP contribution in [-0.4, -0.2) is 85.1 Å². The summed E-state index contributed by atoms with van der Waals surface area (Å²) in [6.45, 7) is 6.44. The third kappa shape index (κ3) is 42.3. The summed E-state index contributed by atoms with van der Waals surface area (Å²) in [5.41, 5.74) is 8.77. The van der Waals surface area contributed by atoms with Gasteiger partial charge in [-0.3, -0.25) is 33.1 Å². The number of unbranched alkanes of at least 4 members (excludes halogenated alkanes) is 27. The minimum Gasteiger partial charge on any atom is -0.462 e. The maximum absolute atomic E-state index is 12.9. The van der Waals surface area contributed by atoms with Gasteiger partial charge < -0.3 is 30.7 Å². The summed E-state index contributed by atoms with van der Waals surface area (Å²) in [6.07, 6.45) is 35.0. The number of carbonyl (C=O) groups excluding carboxylic acids is 4. The number of hydrogen-bond acceptors (Lipinski definition) is 11. The Bertz CT molecular complexity index is 1770. The van der Waals surface area contributed by atoms with E-state index >= 15 is 0 Å². The predicted octanol–water partition coefficient (Wildman–Crippen LogP) is 14.5. The summed E-state index contributed by atoms with van der Waals surface area (Å²) < 4.78 is 34.2. The number of ether oxygens (including phenoxy) is 2. The van der Waals surface area contributed by atoms with Crippen LogP contribution in [0, 0.1) is 0 Å². The smallest absolute Gasteiger partial charge is 0.462 e. The molecule has 2 aromatic rings. The molecule has 0 aliphatic carbocycles. The van der Waals surface area contributed by atoms with Gasteiger partial charge in [0.1, 0.15) is 6.61 Å². The maximum atomic E-state index is 12.9. The lowest BCUT2D eigenvalue weighted by atomic mass is 10.0. The predicted molar refractivity (Wildman–Crippen MR) is 317 cm³/mol. The first-order valence-electron chi connectivity index (χ1n) is 31.1. The Labute approximate surface area is 473 Å². The van der Waals surface area contributed by atoms with Crippen molar-refractivity contribution in [2.45, 2.75) is 264 Å². The van der Waals surface area contributed by atoms with Crippen molar-refractivity contribution in [3.05, 3.63) is 71.8 Å². The van der Waals surface area contributed by atoms with Gasteiger partial charge >= 0.3 is 19.8 Å². The topological polar surface area (TPSA) is 196 Å². The number of nitrogens with two attached hydrogens (primary N) is 1. The van der Waals surface area contributed by atoms with E-state index in [9.17, 15) is 28.6 Å². The molecule has 0 aromatic heterocycles. The molecule has 2 rings (SSSR count). The Morgan fingerprint density at radius 3 is 1.47 bits per heavy atom. The molecule has 1 unspecified atom stereocenters. The van der Waals surface area contributed by atoms with E-state index < -0.39 is 38.5 Å². The number of benzene rings is 2. The van der Waals surface area contributed by atoms with Gasteiger partial charge in [-0.05, 0) is 56.2 Å². The average Bonchev–Trinajstić information content (AvgIpc) is 3.43. The fourth-order valence-electron chi connectivity index (χ4n) is 9.51. The molecule has 78 heavy (non-hydrogen) atoms. The van der Waals surface area contributed by atoms with Crippen molar-refractivity contribution >= 4 is 31.6 Å². The Kier molecular flexibility index (Phi) is 44.4. The van der Waals surface area contributed by atoms with Crippen LogP contribution in [0.2, 0.25) is 0 Å². The number of nitrogens with zero attached hydrogens (tertiary/aromatic N) is 1. The normalized spacial score (nSPS) is 13.0. The van der Waals surface area contributed by atoms with E-state index in [0.717, 1.165) is 77.4 Å². The van der Waals surface area contributed by atoms with Gasteiger partial charge in [0.05, 0.1) is 19.3 Å². The molecule has 5 N–H and O–H groups in total. The Balaban J connectivity index is 1.63. The molecule has 0 aliphatic rings. The largest absolute Gasteiger partial charge is 0.472 e. The summed E-state index contributed by atoms with van der Waals surface area (Å²) in [7, 11) is -4.61. The zero-order chi connectivity index (χ0) is 56.4. The van der Waals surface area contributed by atoms with Gasteiger partial charge in [-0.1, -0.05) is 241 Å². The summed E-state index contributed by atoms with van der Waals surface area (Å²) in [5.74, 6) is -1.30. The Morgan fingerprint density at radius 1 is 0.526 bits per heavy atom. The van der Waals surface area contributed by atoms with Gasteiger partial charge in [0.2, 0.25) is 11.8 Å². The standard InChI is InChI=1S/C63H109N4O10P/c1-3-5-7-9-11-13-15-17-19-21-23-25-35-46-61(69)74-54-58(77-62(70)47-36-26-24-22-20-18-16-14-12-10-8-6-4-2)55-76-78(72,73)75-51-49-65-60(68)45-34-29-38-48-66-63(71)59(64)44-37-39-50-67(52-56-40-30-27-31-41-56)53-57-42-32-28-33-43-57/h27-28,30-33,40-43,58-59H,3-26,29,34-39,44-55,64H2,1-2H3,(H,65,68)(H,66,71)(H,72,73)/t58-,59+/m1/s1. The number of rotatable bonds is 54. The van der Waals surface area contributed by atoms with Crippen LogP contribution in [0.3, 0.4) is 0 Å². The lowest BCUT2D eigenvalue weighted by Gasteiger charge is -2.23. The van der Waals surface area contributed by atoms with E-state index in [2.05, 4.69) is 77.9 Å². The van der Waals surface area contributed by atoms with Gasteiger partial charge in [0.25, 0.3) is 0 Å². The second kappa shape index (κ2) is 49.2. The van der Waals surface area contributed by atoms with Crippen LogP contribution in [0.25, 0.3) is 0 Å². The first-order valence-corrected chi connectivity index (χ1v) is 32.6. The lowest BCUT2D eigenvalue weighted by molar-refractivity contribution is -0.161. The van der Waals surface area contributed by atoms with Crippen LogP contribution in [-0.2, 0) is 55.4 Å². The maximum Gasteiger partial charge on any atom is 0.472 e. The van der Waals surface area contributed by atoms with Crippen molar-refractivity contribution in [2.24, 2.45) is 5.73 Å². The molecular formula is C63H109N4O10P. The Morgan fingerprint density at radius 2 is 0.974 bits per heavy atom. The van der Waals surface area contributed by atoms with E-state index in [-0.39, 0.29) is 50.8 Å². The minimum absolute atomic E-state index is 0.0207. The number of esters is 2. The Hall–Kier alpha value is -3.65. The van der Waals surface area contributed by atoms with Gasteiger partial charge in [-0.25, -0.2) is 4.57 Å². The van der Waals surface area contributed by atoms with E-state index in [4.69, 9.17) is 24.3 Å². The van der Waals surface area contributed by atoms with Gasteiger partial charge in [-0.2, -0.15) is 0 Å². The number of amides is 2. The van der Waals surface area contributed by atoms with Gasteiger partial charge in [-0.15, -0.1) is 0 Å². The van der Waals surface area contributed by atoms with Gasteiger partial charge in [0.15, 0.2) is 6.10 Å². The molecular weight excluding hydrogens is 1000 g/mol. The molecule has 446 valence electrons. The summed E-state index contributed by atoms with van der Waals surface area (Å²) in [5, 5.41) is 5.61. The third-order valence-corrected chi connectivity index (χ3v) is 15.2. The fraction of sp³-hybridized carbons (Fsp3) is 0.746. The van der Waals surface area contributed by atoms with Crippen LogP contribution >= 0.6 is 7.82 Å². The van der Waals surface area contributed by atoms with E-state index in [1.54, 1.807) is 0 Å². The molecule has 0 saturated heterocycles. The van der Waals surface area contributed by atoms with Crippen LogP contribution in [0.1, 0.15) is 250 Å². The lowest BCUT2D eigenvalue weighted by Crippen LogP contribution is -2.41. The van der Waals surface area contributed by atoms with Crippen molar-refractivity contribution in [1.82, 2.24) is 15.5 Å². The molecule has 0 fully saturated rings. The third-order valence-electron chi connectivity index (χ3n) is 14.3. The summed E-state index contributed by atoms with van der Waals surface area (Å²) >= 11 is 0. The van der Waals surface area contributed by atoms with Crippen molar-refractivity contribution in [3.8, 4) is 0 Å². The molecule has 2 amide bonds. The van der Waals surface area contributed by atoms with Gasteiger partial charge in [0, 0.05) is 45.4 Å². The second-order valence-corrected chi connectivity index (χ2v) is 23.1. The van der Waals surface area contributed by atoms with Crippen molar-refractivity contribution < 1.29 is 47.2 Å². The van der Waals surface area contributed by atoms with Crippen LogP contribution in [0.15, 0.2) is 60.7 Å². The van der Waals surface area contributed by atoms with Crippen molar-refractivity contribution in [1.29, 1.82) is 0 Å². The molecule has 15 heteroatoms. The molecule has 0 aliphatic heterocycles. The van der Waals surface area contributed by atoms with E-state index in [1.807, 2.05) is 12.1 Å². The summed E-state index contributed by atoms with van der Waals surface area (Å²) in [4.78, 5) is 63.6. The quantitative estimate of drug-likeness (QED) is 0.0278. The molecule has 0 bridgehead atoms. The van der Waals surface area contributed by atoms with Crippen LogP contribution in [0.5, 0.6) is 0 Å². The molecule has 0 radical (unpaired) electrons. The second-order valence-electron chi connectivity index (χ2n) is 21.6. The van der Waals surface area contributed by atoms with E-state index in [1.165, 1.54) is 127 Å². The number of hydrogen-bond donors (Lipinski definition) is 4. The van der Waals surface area contributed by atoms with Crippen molar-refractivity contribution in [3.63, 3.8) is 0 Å². The highest BCUT2D eigenvalue weighted by Gasteiger charge is 2.26. The highest BCUT2D eigenvalue weighted by Crippen LogP contribution is 2.43. The fourth-order valence-corrected chi connectivity index (χ4v) is 10.3. The highest BCUT2D eigenvalue weighted by atomic mass is 31.2. The zero-order valence-corrected chi connectivity index (χ0v) is 49.8. The molecule has 0 saturated carbocycles. The number of nitrogens with one attached hydrogen (secondary N) is 2. The molecule has 2 aromatic carbocycles. The van der Waals surface area contributed by atoms with E-state index in [0.29, 0.717) is 38.6 Å². The summed E-state index contributed by atoms with van der Waals surface area (Å²) in [6, 6.07) is 20.3. The highest BCUT2D eigenvalue weighted by molar-refractivity contribution is 7.47. The van der Waals surface area contributed by atoms with Crippen LogP contribution < -0.4 is 16.4 Å². The monoisotopic (exact) mass is 1110 g/mol. The SMILES string of the molecule is CCCCCCCCCCCCCCCC(=O)OC[C@H](COP(=O)(O)OCCNC(=O)CCCCCNC(=O)[C@@H](N)CCCCN(Cc1ccccc1)Cc1ccccc1)OC(=O)CCCCCCCCCCCCCCC. The minimum atomic E-state index is -4.61. The number of phosphoric acid groups is 1. The zero-order valence-electron chi connectivity index (χ0n) is 48.9. The molecule has 14 nitrogen and oxygen atoms in total.